The Morgan fingerprint density at radius 2 is 2.35 bits per heavy atom. The zero-order valence-electron chi connectivity index (χ0n) is 9.15. The Hall–Kier alpha value is -2.38. The van der Waals surface area contributed by atoms with E-state index in [9.17, 15) is 4.79 Å². The van der Waals surface area contributed by atoms with Gasteiger partial charge in [-0.3, -0.25) is 4.79 Å². The smallest absolute Gasteiger partial charge is 0.241 e. The Bertz CT molecular complexity index is 475. The maximum Gasteiger partial charge on any atom is 0.241 e. The van der Waals surface area contributed by atoms with Crippen LogP contribution in [-0.2, 0) is 17.9 Å². The van der Waals surface area contributed by atoms with Gasteiger partial charge in [-0.05, 0) is 0 Å². The molecule has 0 fully saturated rings. The largest absolute Gasteiger partial charge is 0.367 e. The molecular formula is C9H13N7O. The standard InChI is InChI=1S/C9H13N7O/c10-9-13-7-16(14-9)5-8(17)12-2-4-15-3-1-11-6-15/h1,3,6-7H,2,4-5H2,(H2,10,14)(H,12,17). The van der Waals surface area contributed by atoms with E-state index >= 15 is 0 Å². The van der Waals surface area contributed by atoms with Gasteiger partial charge in [0.1, 0.15) is 12.9 Å². The zero-order chi connectivity index (χ0) is 12.1. The molecule has 2 heterocycles. The topological polar surface area (TPSA) is 104 Å². The van der Waals surface area contributed by atoms with Crippen molar-refractivity contribution >= 4 is 11.9 Å². The average Bonchev–Trinajstić information content (AvgIpc) is 2.90. The number of amides is 1. The predicted molar refractivity (Wildman–Crippen MR) is 59.7 cm³/mol. The molecule has 0 atom stereocenters. The first-order chi connectivity index (χ1) is 8.24. The first-order valence-electron chi connectivity index (χ1n) is 5.11. The molecule has 0 aliphatic carbocycles. The minimum Gasteiger partial charge on any atom is -0.367 e. The third kappa shape index (κ3) is 3.30. The molecule has 1 amide bonds. The second-order valence-corrected chi connectivity index (χ2v) is 3.45. The number of nitrogens with two attached hydrogens (primary N) is 1. The second kappa shape index (κ2) is 5.10. The monoisotopic (exact) mass is 235 g/mol. The van der Waals surface area contributed by atoms with Gasteiger partial charge in [0.05, 0.1) is 6.33 Å². The minimum atomic E-state index is -0.130. The SMILES string of the molecule is Nc1ncn(CC(=O)NCCn2ccnc2)n1. The molecular weight excluding hydrogens is 222 g/mol. The number of carbonyl (C=O) groups is 1. The van der Waals surface area contributed by atoms with Crippen molar-refractivity contribution in [2.45, 2.75) is 13.1 Å². The fourth-order valence-electron chi connectivity index (χ4n) is 1.33. The lowest BCUT2D eigenvalue weighted by Crippen LogP contribution is -2.30. The number of aromatic nitrogens is 5. The van der Waals surface area contributed by atoms with E-state index in [-0.39, 0.29) is 18.4 Å². The molecule has 3 N–H and O–H groups in total. The van der Waals surface area contributed by atoms with E-state index in [0.29, 0.717) is 13.1 Å². The molecule has 0 unspecified atom stereocenters. The molecule has 0 aliphatic heterocycles. The average molecular weight is 235 g/mol. The molecule has 0 spiro atoms. The highest BCUT2D eigenvalue weighted by Gasteiger charge is 2.03. The quantitative estimate of drug-likeness (QED) is 0.682. The fraction of sp³-hybridized carbons (Fsp3) is 0.333. The number of nitrogens with one attached hydrogen (secondary N) is 1. The van der Waals surface area contributed by atoms with Crippen molar-refractivity contribution in [3.63, 3.8) is 0 Å². The lowest BCUT2D eigenvalue weighted by molar-refractivity contribution is -0.121. The molecule has 0 saturated carbocycles. The summed E-state index contributed by atoms with van der Waals surface area (Å²) in [4.78, 5) is 19.1. The van der Waals surface area contributed by atoms with Crippen LogP contribution >= 0.6 is 0 Å². The Morgan fingerprint density at radius 1 is 1.47 bits per heavy atom. The van der Waals surface area contributed by atoms with Crippen molar-refractivity contribution in [2.75, 3.05) is 12.3 Å². The molecule has 8 heteroatoms. The predicted octanol–water partition coefficient (Wildman–Crippen LogP) is -1.13. The molecule has 90 valence electrons. The zero-order valence-corrected chi connectivity index (χ0v) is 9.15. The van der Waals surface area contributed by atoms with Gasteiger partial charge in [0.2, 0.25) is 11.9 Å². The van der Waals surface area contributed by atoms with Crippen molar-refractivity contribution in [3.05, 3.63) is 25.0 Å². The third-order valence-electron chi connectivity index (χ3n) is 2.11. The van der Waals surface area contributed by atoms with Crippen LogP contribution in [0, 0.1) is 0 Å². The Balaban J connectivity index is 1.71. The van der Waals surface area contributed by atoms with E-state index in [1.54, 1.807) is 12.5 Å². The van der Waals surface area contributed by atoms with Crippen LogP contribution in [0.3, 0.4) is 0 Å². The van der Waals surface area contributed by atoms with Gasteiger partial charge in [-0.15, -0.1) is 5.10 Å². The van der Waals surface area contributed by atoms with E-state index < -0.39 is 0 Å². The Labute approximate surface area is 97.5 Å². The van der Waals surface area contributed by atoms with Crippen molar-refractivity contribution in [2.24, 2.45) is 0 Å². The number of nitrogen functional groups attached to an aromatic ring is 1. The van der Waals surface area contributed by atoms with Crippen molar-refractivity contribution < 1.29 is 4.79 Å². The summed E-state index contributed by atoms with van der Waals surface area (Å²) in [7, 11) is 0. The first kappa shape index (κ1) is 11.1. The summed E-state index contributed by atoms with van der Waals surface area (Å²) in [5, 5.41) is 6.58. The summed E-state index contributed by atoms with van der Waals surface area (Å²) in [5.74, 6) is 0.0335. The van der Waals surface area contributed by atoms with Crippen LogP contribution in [-0.4, -0.2) is 36.8 Å². The molecule has 2 aromatic rings. The number of hydrogen-bond donors (Lipinski definition) is 2. The number of imidazole rings is 1. The maximum absolute atomic E-state index is 11.5. The number of hydrogen-bond acceptors (Lipinski definition) is 5. The summed E-state index contributed by atoms with van der Waals surface area (Å²) >= 11 is 0. The normalized spacial score (nSPS) is 10.4. The number of nitrogens with zero attached hydrogens (tertiary/aromatic N) is 5. The minimum absolute atomic E-state index is 0.119. The maximum atomic E-state index is 11.5. The van der Waals surface area contributed by atoms with Crippen LogP contribution in [0.1, 0.15) is 0 Å². The van der Waals surface area contributed by atoms with Crippen molar-refractivity contribution in [3.8, 4) is 0 Å². The van der Waals surface area contributed by atoms with E-state index in [1.807, 2.05) is 10.8 Å². The van der Waals surface area contributed by atoms with Gasteiger partial charge in [0.15, 0.2) is 0 Å². The lowest BCUT2D eigenvalue weighted by Gasteiger charge is -2.05. The highest BCUT2D eigenvalue weighted by molar-refractivity contribution is 5.75. The third-order valence-corrected chi connectivity index (χ3v) is 2.11. The number of anilines is 1. The van der Waals surface area contributed by atoms with Gasteiger partial charge in [0, 0.05) is 25.5 Å². The molecule has 0 bridgehead atoms. The molecule has 0 saturated heterocycles. The Kier molecular flexibility index (Phi) is 3.34. The van der Waals surface area contributed by atoms with E-state index in [2.05, 4.69) is 20.4 Å². The summed E-state index contributed by atoms with van der Waals surface area (Å²) in [6.45, 7) is 1.35. The summed E-state index contributed by atoms with van der Waals surface area (Å²) in [5.41, 5.74) is 5.33. The summed E-state index contributed by atoms with van der Waals surface area (Å²) in [6.07, 6.45) is 6.65. The number of rotatable bonds is 5. The number of carbonyl (C=O) groups excluding carboxylic acids is 1. The molecule has 0 aliphatic rings. The van der Waals surface area contributed by atoms with Crippen molar-refractivity contribution in [1.82, 2.24) is 29.6 Å². The van der Waals surface area contributed by atoms with Crippen LogP contribution < -0.4 is 11.1 Å². The molecule has 17 heavy (non-hydrogen) atoms. The first-order valence-corrected chi connectivity index (χ1v) is 5.11. The molecule has 2 rings (SSSR count). The van der Waals surface area contributed by atoms with Crippen molar-refractivity contribution in [1.29, 1.82) is 0 Å². The van der Waals surface area contributed by atoms with E-state index in [0.717, 1.165) is 0 Å². The van der Waals surface area contributed by atoms with Crippen LogP contribution in [0.15, 0.2) is 25.0 Å². The van der Waals surface area contributed by atoms with Gasteiger partial charge in [-0.25, -0.2) is 14.6 Å². The van der Waals surface area contributed by atoms with Crippen LogP contribution in [0.25, 0.3) is 0 Å². The van der Waals surface area contributed by atoms with Gasteiger partial charge >= 0.3 is 0 Å². The van der Waals surface area contributed by atoms with Crippen LogP contribution in [0.2, 0.25) is 0 Å². The summed E-state index contributed by atoms with van der Waals surface area (Å²) < 4.78 is 3.27. The lowest BCUT2D eigenvalue weighted by atomic mass is 10.5. The molecule has 0 aromatic carbocycles. The van der Waals surface area contributed by atoms with Gasteiger partial charge in [-0.1, -0.05) is 0 Å². The van der Waals surface area contributed by atoms with Gasteiger partial charge < -0.3 is 15.6 Å². The molecule has 0 radical (unpaired) electrons. The fourth-order valence-corrected chi connectivity index (χ4v) is 1.33. The van der Waals surface area contributed by atoms with Gasteiger partial charge in [0.25, 0.3) is 0 Å². The molecule has 2 aromatic heterocycles. The van der Waals surface area contributed by atoms with Crippen LogP contribution in [0.4, 0.5) is 5.95 Å². The highest BCUT2D eigenvalue weighted by Crippen LogP contribution is 1.89. The molecule has 8 nitrogen and oxygen atoms in total. The highest BCUT2D eigenvalue weighted by atomic mass is 16.2. The second-order valence-electron chi connectivity index (χ2n) is 3.45. The summed E-state index contributed by atoms with van der Waals surface area (Å²) in [6, 6.07) is 0. The van der Waals surface area contributed by atoms with Crippen LogP contribution in [0.5, 0.6) is 0 Å². The van der Waals surface area contributed by atoms with E-state index in [1.165, 1.54) is 11.0 Å². The van der Waals surface area contributed by atoms with E-state index in [4.69, 9.17) is 5.73 Å². The van der Waals surface area contributed by atoms with Gasteiger partial charge in [-0.2, -0.15) is 0 Å². The Morgan fingerprint density at radius 3 is 3.00 bits per heavy atom.